The van der Waals surface area contributed by atoms with Crippen molar-refractivity contribution in [2.45, 2.75) is 60.0 Å². The number of rotatable bonds is 4. The second-order valence-corrected chi connectivity index (χ2v) is 13.4. The van der Waals surface area contributed by atoms with Gasteiger partial charge in [-0.1, -0.05) is 0 Å². The van der Waals surface area contributed by atoms with E-state index in [1.54, 1.807) is 0 Å². The van der Waals surface area contributed by atoms with Crippen LogP contribution in [0.4, 0.5) is 22.0 Å². The van der Waals surface area contributed by atoms with Gasteiger partial charge in [0.05, 0.1) is 4.90 Å². The van der Waals surface area contributed by atoms with E-state index < -0.39 is 70.7 Å². The number of benzene rings is 1. The first kappa shape index (κ1) is 31.1. The van der Waals surface area contributed by atoms with Crippen LogP contribution in [0, 0.1) is 17.6 Å². The van der Waals surface area contributed by atoms with Crippen LogP contribution in [-0.4, -0.2) is 44.8 Å². The number of alkyl halides is 3. The van der Waals surface area contributed by atoms with E-state index in [1.165, 1.54) is 4.31 Å². The number of hydrogen-bond acceptors (Lipinski definition) is 5. The molecule has 5 rings (SSSR count). The van der Waals surface area contributed by atoms with Crippen molar-refractivity contribution in [1.29, 1.82) is 0 Å². The number of nitrogens with one attached hydrogen (secondary N) is 1. The van der Waals surface area contributed by atoms with Gasteiger partial charge in [-0.05, 0) is 68.4 Å². The van der Waals surface area contributed by atoms with Crippen LogP contribution in [0.25, 0.3) is 0 Å². The average Bonchev–Trinajstić information content (AvgIpc) is 3.64. The third-order valence-electron chi connectivity index (χ3n) is 7.27. The van der Waals surface area contributed by atoms with E-state index in [0.717, 1.165) is 24.3 Å². The highest BCUT2D eigenvalue weighted by Gasteiger charge is 2.56. The summed E-state index contributed by atoms with van der Waals surface area (Å²) >= 11 is 0. The van der Waals surface area contributed by atoms with Crippen molar-refractivity contribution in [2.24, 2.45) is 5.92 Å². The number of fused-ring (bicyclic) bond motifs is 1. The fourth-order valence-electron chi connectivity index (χ4n) is 5.35. The van der Waals surface area contributed by atoms with Gasteiger partial charge in [0.25, 0.3) is 10.2 Å². The van der Waals surface area contributed by atoms with Gasteiger partial charge in [-0.15, -0.1) is 0 Å². The summed E-state index contributed by atoms with van der Waals surface area (Å²) in [7, 11) is -8.38. The second-order valence-electron chi connectivity index (χ2n) is 9.53. The van der Waals surface area contributed by atoms with Crippen LogP contribution in [0.5, 0.6) is 0 Å². The molecule has 1 aromatic carbocycles. The van der Waals surface area contributed by atoms with Crippen LogP contribution in [0.15, 0.2) is 41.4 Å². The molecule has 16 heteroatoms. The molecule has 0 bridgehead atoms. The first-order chi connectivity index (χ1) is 16.7. The molecule has 1 N–H and O–H groups in total. The van der Waals surface area contributed by atoms with Crippen LogP contribution in [0.3, 0.4) is 0 Å². The molecule has 1 aliphatic heterocycles. The Kier molecular flexibility index (Phi) is 8.59. The first-order valence-corrected chi connectivity index (χ1v) is 14.2. The summed E-state index contributed by atoms with van der Waals surface area (Å²) in [6.45, 7) is 0.00410. The molecule has 0 radical (unpaired) electrons. The summed E-state index contributed by atoms with van der Waals surface area (Å²) in [5, 5.41) is 0. The molecule has 3 fully saturated rings. The van der Waals surface area contributed by atoms with Crippen molar-refractivity contribution >= 4 is 47.0 Å². The number of nitrogens with zero attached hydrogens (tertiary/aromatic N) is 2. The van der Waals surface area contributed by atoms with E-state index in [1.807, 2.05) is 0 Å². The molecular weight excluding hydrogens is 594 g/mol. The largest absolute Gasteiger partial charge is 0.433 e. The van der Waals surface area contributed by atoms with Crippen molar-refractivity contribution in [3.05, 3.63) is 59.4 Å². The third-order valence-corrected chi connectivity index (χ3v) is 11.4. The Morgan fingerprint density at radius 1 is 1.05 bits per heavy atom. The molecule has 3 aliphatic rings. The third kappa shape index (κ3) is 5.31. The fourth-order valence-corrected chi connectivity index (χ4v) is 9.32. The van der Waals surface area contributed by atoms with Gasteiger partial charge in [0.1, 0.15) is 22.1 Å². The molecule has 1 aromatic heterocycles. The molecule has 0 amide bonds. The Hall–Kier alpha value is -1.46. The van der Waals surface area contributed by atoms with Gasteiger partial charge >= 0.3 is 6.18 Å². The molecule has 0 unspecified atom stereocenters. The predicted octanol–water partition coefficient (Wildman–Crippen LogP) is 3.75. The number of pyridine rings is 1. The summed E-state index contributed by atoms with van der Waals surface area (Å²) in [6, 6.07) is 2.90. The van der Waals surface area contributed by atoms with Crippen molar-refractivity contribution in [3.63, 3.8) is 0 Å². The van der Waals surface area contributed by atoms with E-state index in [9.17, 15) is 34.4 Å². The van der Waals surface area contributed by atoms with Gasteiger partial charge < -0.3 is 0 Å². The zero-order valence-electron chi connectivity index (χ0n) is 19.7. The molecule has 212 valence electrons. The molecule has 3 atom stereocenters. The summed E-state index contributed by atoms with van der Waals surface area (Å²) in [4.78, 5) is 2.69. The van der Waals surface area contributed by atoms with E-state index >= 15 is 4.39 Å². The number of halogens is 5. The Balaban J connectivity index is 0.00000200. The van der Waals surface area contributed by atoms with Crippen LogP contribution in [-0.2, 0) is 31.0 Å². The Morgan fingerprint density at radius 2 is 1.74 bits per heavy atom. The lowest BCUT2D eigenvalue weighted by atomic mass is 9.74. The van der Waals surface area contributed by atoms with Gasteiger partial charge in [-0.2, -0.15) is 57.6 Å². The molecule has 2 aromatic rings. The van der Waals surface area contributed by atoms with Crippen LogP contribution < -0.4 is 4.72 Å². The lowest BCUT2D eigenvalue weighted by Crippen LogP contribution is -2.61. The summed E-state index contributed by atoms with van der Waals surface area (Å²) in [5.74, 6) is -2.42. The van der Waals surface area contributed by atoms with E-state index in [-0.39, 0.29) is 58.8 Å². The Morgan fingerprint density at radius 3 is 2.32 bits per heavy atom. The normalized spacial score (nSPS) is 27.5. The van der Waals surface area contributed by atoms with E-state index in [4.69, 9.17) is 0 Å². The standard InChI is InChI=1S/C22H22F5N3O4S2.2H2S/c23-14-1-5-18(24)17(9-14)21(35(31,32)16-4-6-20(28-11-16)22(25,26)27)8-7-19-13(10-21)12-30(15-2-3-15)36(33,34)29-19;;/h1,4-6,9,11,13,15,19,29H,2-3,7-8,10,12H2;2*1H2/t13-,19-,21+;;/m0../s1. The van der Waals surface area contributed by atoms with Gasteiger partial charge in [-0.25, -0.2) is 17.2 Å². The van der Waals surface area contributed by atoms with Crippen LogP contribution >= 0.6 is 27.0 Å². The van der Waals surface area contributed by atoms with Crippen molar-refractivity contribution < 1.29 is 38.8 Å². The minimum Gasteiger partial charge on any atom is -0.250 e. The highest BCUT2D eigenvalue weighted by Crippen LogP contribution is 2.51. The number of sulfone groups is 1. The summed E-state index contributed by atoms with van der Waals surface area (Å²) in [6.07, 6.45) is -3.42. The van der Waals surface area contributed by atoms with Gasteiger partial charge in [0, 0.05) is 30.4 Å². The Bertz CT molecular complexity index is 1400. The number of hydrogen-bond donors (Lipinski definition) is 1. The van der Waals surface area contributed by atoms with Crippen LogP contribution in [0.2, 0.25) is 0 Å². The monoisotopic (exact) mass is 619 g/mol. The lowest BCUT2D eigenvalue weighted by molar-refractivity contribution is -0.141. The topological polar surface area (TPSA) is 96.4 Å². The summed E-state index contributed by atoms with van der Waals surface area (Å²) < 4.78 is 124. The SMILES string of the molecule is O=S1(=O)N[C@H]2CC[C@@](c3cc(F)ccc3F)(S(=O)(=O)c3ccc(C(F)(F)F)nc3)C[C@H]2CN1C1CC1.S.S. The maximum absolute atomic E-state index is 15.1. The molecule has 2 heterocycles. The minimum atomic E-state index is -4.79. The molecule has 38 heavy (non-hydrogen) atoms. The minimum absolute atomic E-state index is 0. The van der Waals surface area contributed by atoms with Crippen molar-refractivity contribution in [3.8, 4) is 0 Å². The molecule has 0 spiro atoms. The second kappa shape index (κ2) is 10.5. The van der Waals surface area contributed by atoms with E-state index in [2.05, 4.69) is 9.71 Å². The molecular formula is C22H26F5N3O4S4. The molecule has 1 saturated heterocycles. The maximum atomic E-state index is 15.1. The highest BCUT2D eigenvalue weighted by atomic mass is 32.2. The molecule has 7 nitrogen and oxygen atoms in total. The first-order valence-electron chi connectivity index (χ1n) is 11.3. The van der Waals surface area contributed by atoms with Gasteiger partial charge in [-0.3, -0.25) is 4.98 Å². The quantitative estimate of drug-likeness (QED) is 0.526. The molecule has 2 aliphatic carbocycles. The zero-order valence-corrected chi connectivity index (χ0v) is 23.3. The zero-order chi connectivity index (χ0) is 26.1. The van der Waals surface area contributed by atoms with Gasteiger partial charge in [0.2, 0.25) is 0 Å². The predicted molar refractivity (Wildman–Crippen MR) is 138 cm³/mol. The van der Waals surface area contributed by atoms with Crippen LogP contribution in [0.1, 0.15) is 43.4 Å². The summed E-state index contributed by atoms with van der Waals surface area (Å²) in [5.41, 5.74) is -1.73. The van der Waals surface area contributed by atoms with Gasteiger partial charge in [0.15, 0.2) is 9.84 Å². The molecule has 2 saturated carbocycles. The lowest BCUT2D eigenvalue weighted by Gasteiger charge is -2.48. The van der Waals surface area contributed by atoms with E-state index in [0.29, 0.717) is 25.1 Å². The fraction of sp³-hybridized carbons (Fsp3) is 0.500. The smallest absolute Gasteiger partial charge is 0.250 e. The van der Waals surface area contributed by atoms with Crippen molar-refractivity contribution in [1.82, 2.24) is 14.0 Å². The van der Waals surface area contributed by atoms with Crippen molar-refractivity contribution in [2.75, 3.05) is 6.54 Å². The highest BCUT2D eigenvalue weighted by molar-refractivity contribution is 7.92. The number of aromatic nitrogens is 1. The maximum Gasteiger partial charge on any atom is 0.433 e. The Labute approximate surface area is 231 Å². The average molecular weight is 620 g/mol.